The SMILES string of the molecule is Cc1cc(N(CCO)CCO)ccc1N=Nc1sc(NOO)cc1[N+](=O)[O-]. The van der Waals surface area contributed by atoms with E-state index in [0.29, 0.717) is 18.8 Å². The molecule has 0 atom stereocenters. The highest BCUT2D eigenvalue weighted by atomic mass is 32.1. The van der Waals surface area contributed by atoms with Crippen LogP contribution >= 0.6 is 11.3 Å². The number of hydrogen-bond acceptors (Lipinski definition) is 11. The van der Waals surface area contributed by atoms with Crippen LogP contribution in [0.15, 0.2) is 34.5 Å². The third kappa shape index (κ3) is 5.42. The Kier molecular flexibility index (Phi) is 7.57. The lowest BCUT2D eigenvalue weighted by Crippen LogP contribution is -2.29. The minimum absolute atomic E-state index is 0.0452. The van der Waals surface area contributed by atoms with Gasteiger partial charge in [-0.3, -0.25) is 10.1 Å². The standard InChI is InChI=1S/C15H19N5O6S/c1-10-8-11(19(4-6-21)5-7-22)2-3-12(10)16-17-15-13(20(23)24)9-14(27-15)18-26-25/h2-3,8-9,18,21-22,25H,4-7H2,1H3. The first-order valence-corrected chi connectivity index (χ1v) is 8.65. The second-order valence-corrected chi connectivity index (χ2v) is 6.39. The van der Waals surface area contributed by atoms with E-state index in [1.54, 1.807) is 12.1 Å². The molecule has 2 aromatic rings. The van der Waals surface area contributed by atoms with Crippen molar-refractivity contribution in [3.8, 4) is 0 Å². The molecule has 0 unspecified atom stereocenters. The third-order valence-electron chi connectivity index (χ3n) is 3.57. The fraction of sp³-hybridized carbons (Fsp3) is 0.333. The number of nitrogens with zero attached hydrogens (tertiary/aromatic N) is 4. The molecule has 0 aliphatic carbocycles. The van der Waals surface area contributed by atoms with E-state index in [1.165, 1.54) is 6.07 Å². The topological polar surface area (TPSA) is 153 Å². The Balaban J connectivity index is 2.26. The zero-order valence-corrected chi connectivity index (χ0v) is 15.2. The van der Waals surface area contributed by atoms with Crippen molar-refractivity contribution < 1.29 is 25.4 Å². The van der Waals surface area contributed by atoms with E-state index in [9.17, 15) is 10.1 Å². The quantitative estimate of drug-likeness (QED) is 0.206. The summed E-state index contributed by atoms with van der Waals surface area (Å²) in [5.74, 6) is 0. The van der Waals surface area contributed by atoms with E-state index in [4.69, 9.17) is 15.5 Å². The van der Waals surface area contributed by atoms with E-state index in [0.717, 1.165) is 22.6 Å². The van der Waals surface area contributed by atoms with Crippen LogP contribution in [0.3, 0.4) is 0 Å². The van der Waals surface area contributed by atoms with Gasteiger partial charge in [0.2, 0.25) is 5.00 Å². The molecule has 1 aromatic heterocycles. The van der Waals surface area contributed by atoms with Gasteiger partial charge in [-0.1, -0.05) is 11.3 Å². The first-order valence-electron chi connectivity index (χ1n) is 7.83. The molecule has 4 N–H and O–H groups in total. The van der Waals surface area contributed by atoms with E-state index in [2.05, 4.69) is 20.7 Å². The number of benzene rings is 1. The van der Waals surface area contributed by atoms with Gasteiger partial charge in [0.15, 0.2) is 0 Å². The van der Waals surface area contributed by atoms with Crippen LogP contribution in [-0.2, 0) is 4.99 Å². The predicted octanol–water partition coefficient (Wildman–Crippen LogP) is 2.99. The summed E-state index contributed by atoms with van der Waals surface area (Å²) in [6.45, 7) is 2.48. The van der Waals surface area contributed by atoms with Crippen molar-refractivity contribution in [3.63, 3.8) is 0 Å². The number of aliphatic hydroxyl groups is 2. The van der Waals surface area contributed by atoms with Gasteiger partial charge < -0.3 is 15.1 Å². The Morgan fingerprint density at radius 2 is 1.96 bits per heavy atom. The maximum absolute atomic E-state index is 11.1. The summed E-state index contributed by atoms with van der Waals surface area (Å²) in [7, 11) is 0. The van der Waals surface area contributed by atoms with Gasteiger partial charge in [0, 0.05) is 18.8 Å². The molecule has 0 aliphatic rings. The van der Waals surface area contributed by atoms with Crippen molar-refractivity contribution in [1.29, 1.82) is 0 Å². The maximum atomic E-state index is 11.1. The Bertz CT molecular complexity index is 806. The lowest BCUT2D eigenvalue weighted by Gasteiger charge is -2.23. The van der Waals surface area contributed by atoms with Crippen LogP contribution in [0.2, 0.25) is 0 Å². The Hall–Kier alpha value is -2.64. The van der Waals surface area contributed by atoms with Gasteiger partial charge in [-0.05, 0) is 30.7 Å². The first-order chi connectivity index (χ1) is 13.0. The van der Waals surface area contributed by atoms with Crippen LogP contribution in [0.1, 0.15) is 5.56 Å². The summed E-state index contributed by atoms with van der Waals surface area (Å²) in [5, 5.41) is 46.0. The summed E-state index contributed by atoms with van der Waals surface area (Å²) in [6, 6.07) is 6.47. The van der Waals surface area contributed by atoms with Crippen molar-refractivity contribution in [1.82, 2.24) is 0 Å². The van der Waals surface area contributed by atoms with E-state index in [1.807, 2.05) is 17.9 Å². The lowest BCUT2D eigenvalue weighted by atomic mass is 10.1. The van der Waals surface area contributed by atoms with Crippen LogP contribution in [0.4, 0.5) is 27.1 Å². The Morgan fingerprint density at radius 1 is 1.26 bits per heavy atom. The van der Waals surface area contributed by atoms with Gasteiger partial charge in [-0.15, -0.1) is 15.2 Å². The largest absolute Gasteiger partial charge is 0.395 e. The molecule has 11 nitrogen and oxygen atoms in total. The van der Waals surface area contributed by atoms with Crippen LogP contribution in [0.25, 0.3) is 0 Å². The first kappa shape index (κ1) is 20.7. The van der Waals surface area contributed by atoms with E-state index >= 15 is 0 Å². The summed E-state index contributed by atoms with van der Waals surface area (Å²) in [6.07, 6.45) is 0. The molecular formula is C15H19N5O6S. The van der Waals surface area contributed by atoms with Crippen molar-refractivity contribution in [2.45, 2.75) is 6.92 Å². The zero-order valence-electron chi connectivity index (χ0n) is 14.4. The van der Waals surface area contributed by atoms with E-state index in [-0.39, 0.29) is 28.9 Å². The molecule has 1 heterocycles. The van der Waals surface area contributed by atoms with Crippen molar-refractivity contribution >= 4 is 38.4 Å². The number of hydrogen-bond donors (Lipinski definition) is 4. The van der Waals surface area contributed by atoms with Gasteiger partial charge in [0.1, 0.15) is 5.00 Å². The molecular weight excluding hydrogens is 378 g/mol. The molecule has 2 rings (SSSR count). The molecule has 0 amide bonds. The second kappa shape index (κ2) is 9.89. The van der Waals surface area contributed by atoms with E-state index < -0.39 is 4.92 Å². The predicted molar refractivity (Wildman–Crippen MR) is 100 cm³/mol. The third-order valence-corrected chi connectivity index (χ3v) is 4.48. The molecule has 0 radical (unpaired) electrons. The number of aliphatic hydroxyl groups excluding tert-OH is 2. The number of anilines is 2. The van der Waals surface area contributed by atoms with Crippen LogP contribution in [0, 0.1) is 17.0 Å². The minimum Gasteiger partial charge on any atom is -0.395 e. The second-order valence-electron chi connectivity index (χ2n) is 5.36. The lowest BCUT2D eigenvalue weighted by molar-refractivity contribution is -0.383. The van der Waals surface area contributed by atoms with Gasteiger partial charge in [-0.2, -0.15) is 0 Å². The zero-order chi connectivity index (χ0) is 19.8. The highest BCUT2D eigenvalue weighted by Gasteiger charge is 2.19. The highest BCUT2D eigenvalue weighted by Crippen LogP contribution is 2.41. The number of rotatable bonds is 10. The molecule has 27 heavy (non-hydrogen) atoms. The van der Waals surface area contributed by atoms with Gasteiger partial charge in [0.05, 0.1) is 29.9 Å². The minimum atomic E-state index is -0.606. The van der Waals surface area contributed by atoms with Gasteiger partial charge in [0.25, 0.3) is 0 Å². The van der Waals surface area contributed by atoms with Gasteiger partial charge >= 0.3 is 5.69 Å². The monoisotopic (exact) mass is 397 g/mol. The fourth-order valence-corrected chi connectivity index (χ4v) is 3.11. The van der Waals surface area contributed by atoms with Crippen molar-refractivity contribution in [2.24, 2.45) is 10.2 Å². The average Bonchev–Trinajstić information content (AvgIpc) is 3.04. The summed E-state index contributed by atoms with van der Waals surface area (Å²) < 4.78 is 0. The van der Waals surface area contributed by atoms with Crippen molar-refractivity contribution in [2.75, 3.05) is 36.7 Å². The van der Waals surface area contributed by atoms with Crippen molar-refractivity contribution in [3.05, 3.63) is 39.9 Å². The molecule has 0 spiro atoms. The van der Waals surface area contributed by atoms with Crippen LogP contribution < -0.4 is 10.4 Å². The molecule has 0 saturated heterocycles. The molecule has 0 aliphatic heterocycles. The summed E-state index contributed by atoms with van der Waals surface area (Å²) in [4.78, 5) is 16.1. The molecule has 0 saturated carbocycles. The molecule has 146 valence electrons. The Labute approximate surface area is 158 Å². The molecule has 12 heteroatoms. The summed E-state index contributed by atoms with van der Waals surface area (Å²) in [5.41, 5.74) is 3.93. The molecule has 0 fully saturated rings. The normalized spacial score (nSPS) is 11.1. The number of thiophene rings is 1. The summed E-state index contributed by atoms with van der Waals surface area (Å²) >= 11 is 0.897. The number of azo groups is 1. The highest BCUT2D eigenvalue weighted by molar-refractivity contribution is 7.20. The number of nitrogens with one attached hydrogen (secondary N) is 1. The smallest absolute Gasteiger partial charge is 0.310 e. The van der Waals surface area contributed by atoms with Gasteiger partial charge in [-0.25, -0.2) is 10.7 Å². The number of aryl methyl sites for hydroxylation is 1. The van der Waals surface area contributed by atoms with Crippen LogP contribution in [-0.4, -0.2) is 46.7 Å². The fourth-order valence-electron chi connectivity index (χ4n) is 2.33. The molecule has 0 bridgehead atoms. The average molecular weight is 397 g/mol. The van der Waals surface area contributed by atoms with Crippen LogP contribution in [0.5, 0.6) is 0 Å². The molecule has 1 aromatic carbocycles. The Morgan fingerprint density at radius 3 is 2.52 bits per heavy atom. The number of nitro groups is 1. The maximum Gasteiger partial charge on any atom is 0.310 e.